The number of nitrogens with one attached hydrogen (secondary N) is 1. The Hall–Kier alpha value is -1.93. The van der Waals surface area contributed by atoms with Crippen LogP contribution < -0.4 is 4.72 Å². The van der Waals surface area contributed by atoms with Gasteiger partial charge in [0.25, 0.3) is 0 Å². The van der Waals surface area contributed by atoms with E-state index in [4.69, 9.17) is 27.6 Å². The van der Waals surface area contributed by atoms with Crippen LogP contribution in [-0.4, -0.2) is 18.4 Å². The van der Waals surface area contributed by atoms with Crippen molar-refractivity contribution in [3.05, 3.63) is 64.7 Å². The molecule has 0 aliphatic rings. The first-order valence-corrected chi connectivity index (χ1v) is 9.00. The maximum Gasteiger partial charge on any atom is 0.242 e. The van der Waals surface area contributed by atoms with Gasteiger partial charge in [-0.2, -0.15) is 0 Å². The molecule has 0 atom stereocenters. The highest BCUT2D eigenvalue weighted by molar-refractivity contribution is 7.89. The minimum absolute atomic E-state index is 0.0744. The van der Waals surface area contributed by atoms with Crippen molar-refractivity contribution in [1.82, 2.24) is 14.7 Å². The lowest BCUT2D eigenvalue weighted by Gasteiger charge is -2.10. The van der Waals surface area contributed by atoms with Gasteiger partial charge in [0.15, 0.2) is 5.76 Å². The highest BCUT2D eigenvalue weighted by Gasteiger charge is 2.20. The first kappa shape index (κ1) is 16.9. The van der Waals surface area contributed by atoms with E-state index in [9.17, 15) is 8.42 Å². The number of sulfonamides is 1. The van der Waals surface area contributed by atoms with E-state index in [1.54, 1.807) is 12.1 Å². The molecule has 6 nitrogen and oxygen atoms in total. The normalized spacial score (nSPS) is 11.6. The van der Waals surface area contributed by atoms with Crippen molar-refractivity contribution < 1.29 is 12.8 Å². The van der Waals surface area contributed by atoms with Crippen molar-refractivity contribution in [3.8, 4) is 11.5 Å². The Morgan fingerprint density at radius 1 is 1.12 bits per heavy atom. The van der Waals surface area contributed by atoms with Crippen LogP contribution in [0.1, 0.15) is 5.69 Å². The zero-order valence-electron chi connectivity index (χ0n) is 12.1. The van der Waals surface area contributed by atoms with Crippen LogP contribution in [0.15, 0.2) is 58.3 Å². The Kier molecular flexibility index (Phi) is 4.86. The first-order valence-electron chi connectivity index (χ1n) is 6.76. The molecule has 3 rings (SSSR count). The summed E-state index contributed by atoms with van der Waals surface area (Å²) in [6, 6.07) is 7.66. The van der Waals surface area contributed by atoms with Gasteiger partial charge in [-0.05, 0) is 30.3 Å². The van der Waals surface area contributed by atoms with Crippen molar-refractivity contribution in [2.75, 3.05) is 0 Å². The van der Waals surface area contributed by atoms with E-state index in [0.717, 1.165) is 0 Å². The summed E-state index contributed by atoms with van der Waals surface area (Å²) >= 11 is 11.8. The number of benzene rings is 1. The molecular weight excluding hydrogens is 373 g/mol. The van der Waals surface area contributed by atoms with E-state index in [2.05, 4.69) is 14.7 Å². The van der Waals surface area contributed by atoms with Gasteiger partial charge in [-0.3, -0.25) is 4.98 Å². The van der Waals surface area contributed by atoms with E-state index < -0.39 is 10.0 Å². The molecule has 0 bridgehead atoms. The van der Waals surface area contributed by atoms with Crippen LogP contribution in [0.4, 0.5) is 0 Å². The SMILES string of the molecule is O=S(=O)(NCc1nccnc1-c1ccco1)c1cc(Cl)ccc1Cl. The fourth-order valence-electron chi connectivity index (χ4n) is 2.04. The minimum atomic E-state index is -3.86. The van der Waals surface area contributed by atoms with Crippen LogP contribution in [0.25, 0.3) is 11.5 Å². The predicted molar refractivity (Wildman–Crippen MR) is 90.2 cm³/mol. The van der Waals surface area contributed by atoms with E-state index in [-0.39, 0.29) is 21.5 Å². The molecule has 0 aliphatic heterocycles. The third-order valence-electron chi connectivity index (χ3n) is 3.14. The molecule has 2 aromatic heterocycles. The lowest BCUT2D eigenvalue weighted by molar-refractivity contribution is 0.573. The lowest BCUT2D eigenvalue weighted by Crippen LogP contribution is -2.24. The van der Waals surface area contributed by atoms with E-state index in [0.29, 0.717) is 17.1 Å². The molecule has 0 fully saturated rings. The number of hydrogen-bond acceptors (Lipinski definition) is 5. The number of aromatic nitrogens is 2. The van der Waals surface area contributed by atoms with Crippen LogP contribution in [0.5, 0.6) is 0 Å². The van der Waals surface area contributed by atoms with Gasteiger partial charge in [0.2, 0.25) is 10.0 Å². The first-order chi connectivity index (χ1) is 11.5. The third kappa shape index (κ3) is 3.59. The van der Waals surface area contributed by atoms with Gasteiger partial charge in [0, 0.05) is 17.4 Å². The van der Waals surface area contributed by atoms with Crippen molar-refractivity contribution >= 4 is 33.2 Å². The fourth-order valence-corrected chi connectivity index (χ4v) is 3.79. The Morgan fingerprint density at radius 3 is 2.67 bits per heavy atom. The molecule has 0 saturated heterocycles. The summed E-state index contributed by atoms with van der Waals surface area (Å²) in [5.74, 6) is 0.498. The zero-order valence-corrected chi connectivity index (χ0v) is 14.4. The van der Waals surface area contributed by atoms with Gasteiger partial charge in [0.05, 0.1) is 23.5 Å². The summed E-state index contributed by atoms with van der Waals surface area (Å²) in [4.78, 5) is 8.25. The smallest absolute Gasteiger partial charge is 0.242 e. The topological polar surface area (TPSA) is 85.1 Å². The van der Waals surface area contributed by atoms with Crippen molar-refractivity contribution in [2.45, 2.75) is 11.4 Å². The highest BCUT2D eigenvalue weighted by Crippen LogP contribution is 2.25. The van der Waals surface area contributed by atoms with Gasteiger partial charge in [-0.25, -0.2) is 18.1 Å². The summed E-state index contributed by atoms with van der Waals surface area (Å²) in [7, 11) is -3.86. The van der Waals surface area contributed by atoms with Crippen LogP contribution in [-0.2, 0) is 16.6 Å². The molecule has 24 heavy (non-hydrogen) atoms. The quantitative estimate of drug-likeness (QED) is 0.728. The molecule has 1 N–H and O–H groups in total. The standard InChI is InChI=1S/C15H11Cl2N3O3S/c16-10-3-4-11(17)14(8-10)24(21,22)20-9-12-15(19-6-5-18-12)13-2-1-7-23-13/h1-8,20H,9H2. The van der Waals surface area contributed by atoms with Gasteiger partial charge >= 0.3 is 0 Å². The van der Waals surface area contributed by atoms with Crippen LogP contribution in [0.3, 0.4) is 0 Å². The molecule has 0 amide bonds. The number of halogens is 2. The van der Waals surface area contributed by atoms with E-state index >= 15 is 0 Å². The second-order valence-electron chi connectivity index (χ2n) is 4.73. The molecule has 124 valence electrons. The summed E-state index contributed by atoms with van der Waals surface area (Å²) < 4.78 is 32.6. The Balaban J connectivity index is 1.87. The number of rotatable bonds is 5. The molecule has 0 radical (unpaired) electrons. The molecule has 0 spiro atoms. The largest absolute Gasteiger partial charge is 0.463 e. The summed E-state index contributed by atoms with van der Waals surface area (Å²) in [5.41, 5.74) is 0.886. The van der Waals surface area contributed by atoms with Gasteiger partial charge in [-0.15, -0.1) is 0 Å². The van der Waals surface area contributed by atoms with E-state index in [1.165, 1.54) is 36.9 Å². The predicted octanol–water partition coefficient (Wildman–Crippen LogP) is 3.52. The van der Waals surface area contributed by atoms with E-state index in [1.807, 2.05) is 0 Å². The van der Waals surface area contributed by atoms with Crippen LogP contribution in [0, 0.1) is 0 Å². The van der Waals surface area contributed by atoms with Crippen LogP contribution >= 0.6 is 23.2 Å². The fraction of sp³-hybridized carbons (Fsp3) is 0.0667. The van der Waals surface area contributed by atoms with Crippen LogP contribution in [0.2, 0.25) is 10.0 Å². The van der Waals surface area contributed by atoms with Gasteiger partial charge < -0.3 is 4.42 Å². The Labute approximate surface area is 148 Å². The Morgan fingerprint density at radius 2 is 1.92 bits per heavy atom. The molecule has 0 unspecified atom stereocenters. The molecule has 0 aliphatic carbocycles. The molecule has 1 aromatic carbocycles. The second-order valence-corrected chi connectivity index (χ2v) is 7.31. The van der Waals surface area contributed by atoms with Crippen molar-refractivity contribution in [3.63, 3.8) is 0 Å². The number of furan rings is 1. The molecular formula is C15H11Cl2N3O3S. The zero-order chi connectivity index (χ0) is 17.2. The minimum Gasteiger partial charge on any atom is -0.463 e. The third-order valence-corrected chi connectivity index (χ3v) is 5.26. The summed E-state index contributed by atoms with van der Waals surface area (Å²) in [6.45, 7) is -0.0744. The maximum atomic E-state index is 12.5. The number of hydrogen-bond donors (Lipinski definition) is 1. The summed E-state index contributed by atoms with van der Waals surface area (Å²) in [5, 5.41) is 0.354. The number of nitrogens with zero attached hydrogens (tertiary/aromatic N) is 2. The monoisotopic (exact) mass is 383 g/mol. The highest BCUT2D eigenvalue weighted by atomic mass is 35.5. The average molecular weight is 384 g/mol. The van der Waals surface area contributed by atoms with Gasteiger partial charge in [0.1, 0.15) is 10.6 Å². The summed E-state index contributed by atoms with van der Waals surface area (Å²) in [6.07, 6.45) is 4.48. The van der Waals surface area contributed by atoms with Gasteiger partial charge in [-0.1, -0.05) is 23.2 Å². The molecule has 0 saturated carbocycles. The Bertz CT molecular complexity index is 960. The molecule has 9 heteroatoms. The molecule has 2 heterocycles. The second kappa shape index (κ2) is 6.90. The molecule has 3 aromatic rings. The maximum absolute atomic E-state index is 12.5. The lowest BCUT2D eigenvalue weighted by atomic mass is 10.2. The van der Waals surface area contributed by atoms with Crippen molar-refractivity contribution in [1.29, 1.82) is 0 Å². The average Bonchev–Trinajstić information content (AvgIpc) is 3.10. The van der Waals surface area contributed by atoms with Crippen molar-refractivity contribution in [2.24, 2.45) is 0 Å².